The molecule has 1 aromatic carbocycles. The van der Waals surface area contributed by atoms with Gasteiger partial charge in [-0.1, -0.05) is 6.07 Å². The molecule has 0 saturated heterocycles. The number of benzene rings is 1. The Hall–Kier alpha value is -2.30. The Kier molecular flexibility index (Phi) is 3.32. The first-order chi connectivity index (χ1) is 8.65. The number of ether oxygens (including phenoxy) is 2. The molecular formula is C13H12O5. The molecule has 0 spiro atoms. The smallest absolute Gasteiger partial charge is 0.379 e. The molecule has 1 heterocycles. The van der Waals surface area contributed by atoms with Crippen LogP contribution in [0.5, 0.6) is 5.75 Å². The second-order valence-corrected chi connectivity index (χ2v) is 3.58. The molecule has 0 N–H and O–H groups in total. The fraction of sp³-hybridized carbons (Fsp3) is 0.231. The third-order valence-corrected chi connectivity index (χ3v) is 2.44. The monoisotopic (exact) mass is 248 g/mol. The van der Waals surface area contributed by atoms with Crippen molar-refractivity contribution in [3.05, 3.63) is 40.2 Å². The van der Waals surface area contributed by atoms with Gasteiger partial charge in [0.2, 0.25) is 5.75 Å². The summed E-state index contributed by atoms with van der Waals surface area (Å²) in [6.07, 6.45) is 0. The summed E-state index contributed by atoms with van der Waals surface area (Å²) >= 11 is 0. The first-order valence-electron chi connectivity index (χ1n) is 5.44. The normalized spacial score (nSPS) is 10.3. The van der Waals surface area contributed by atoms with Gasteiger partial charge in [-0.3, -0.25) is 0 Å². The molecule has 0 saturated carbocycles. The molecule has 0 radical (unpaired) electrons. The Morgan fingerprint density at radius 3 is 2.78 bits per heavy atom. The van der Waals surface area contributed by atoms with Crippen LogP contribution in [0.1, 0.15) is 17.3 Å². The lowest BCUT2D eigenvalue weighted by atomic mass is 10.1. The minimum absolute atomic E-state index is 0.131. The van der Waals surface area contributed by atoms with Crippen LogP contribution in [0, 0.1) is 0 Å². The van der Waals surface area contributed by atoms with E-state index in [1.54, 1.807) is 25.1 Å². The van der Waals surface area contributed by atoms with Crippen LogP contribution in [0.3, 0.4) is 0 Å². The van der Waals surface area contributed by atoms with E-state index in [0.29, 0.717) is 23.1 Å². The van der Waals surface area contributed by atoms with Gasteiger partial charge in [0.25, 0.3) is 0 Å². The highest BCUT2D eigenvalue weighted by Crippen LogP contribution is 2.18. The predicted octanol–water partition coefficient (Wildman–Crippen LogP) is 1.98. The van der Waals surface area contributed by atoms with Gasteiger partial charge >= 0.3 is 11.6 Å². The Morgan fingerprint density at radius 1 is 1.33 bits per heavy atom. The van der Waals surface area contributed by atoms with Crippen LogP contribution in [-0.2, 0) is 4.74 Å². The first-order valence-corrected chi connectivity index (χ1v) is 5.44. The topological polar surface area (TPSA) is 65.7 Å². The fourth-order valence-corrected chi connectivity index (χ4v) is 1.58. The summed E-state index contributed by atoms with van der Waals surface area (Å²) in [5.41, 5.74) is 0.0926. The Morgan fingerprint density at radius 2 is 2.11 bits per heavy atom. The molecule has 0 aliphatic rings. The van der Waals surface area contributed by atoms with Crippen LogP contribution in [0.25, 0.3) is 11.0 Å². The maximum Gasteiger partial charge on any atom is 0.379 e. The SMILES string of the molecule is CCOC(=O)c1ccc2cc(OC)c(=O)oc2c1. The Labute approximate surface area is 103 Å². The second-order valence-electron chi connectivity index (χ2n) is 3.58. The summed E-state index contributed by atoms with van der Waals surface area (Å²) in [5, 5.41) is 0.680. The minimum Gasteiger partial charge on any atom is -0.490 e. The van der Waals surface area contributed by atoms with Crippen molar-refractivity contribution < 1.29 is 18.7 Å². The summed E-state index contributed by atoms with van der Waals surface area (Å²) in [6, 6.07) is 6.33. The number of methoxy groups -OCH3 is 1. The van der Waals surface area contributed by atoms with Gasteiger partial charge in [-0.2, -0.15) is 0 Å². The highest BCUT2D eigenvalue weighted by molar-refractivity contribution is 5.93. The summed E-state index contributed by atoms with van der Waals surface area (Å²) < 4.78 is 14.8. The van der Waals surface area contributed by atoms with E-state index >= 15 is 0 Å². The predicted molar refractivity (Wildman–Crippen MR) is 65.0 cm³/mol. The highest BCUT2D eigenvalue weighted by atomic mass is 16.5. The van der Waals surface area contributed by atoms with Crippen molar-refractivity contribution >= 4 is 16.9 Å². The molecule has 0 aliphatic carbocycles. The van der Waals surface area contributed by atoms with Gasteiger partial charge in [0.05, 0.1) is 19.3 Å². The van der Waals surface area contributed by atoms with Gasteiger partial charge in [0.15, 0.2) is 0 Å². The van der Waals surface area contributed by atoms with Crippen molar-refractivity contribution in [3.8, 4) is 5.75 Å². The number of rotatable bonds is 3. The minimum atomic E-state index is -0.578. The zero-order valence-corrected chi connectivity index (χ0v) is 10.1. The number of esters is 1. The largest absolute Gasteiger partial charge is 0.490 e. The van der Waals surface area contributed by atoms with Gasteiger partial charge in [0.1, 0.15) is 5.58 Å². The molecule has 0 unspecified atom stereocenters. The van der Waals surface area contributed by atoms with Crippen LogP contribution in [0.4, 0.5) is 0 Å². The number of fused-ring (bicyclic) bond motifs is 1. The zero-order chi connectivity index (χ0) is 13.1. The molecule has 5 nitrogen and oxygen atoms in total. The molecule has 5 heteroatoms. The lowest BCUT2D eigenvalue weighted by Crippen LogP contribution is -2.06. The van der Waals surface area contributed by atoms with E-state index in [1.165, 1.54) is 13.2 Å². The molecule has 0 atom stereocenters. The maximum absolute atomic E-state index is 11.5. The van der Waals surface area contributed by atoms with Gasteiger partial charge < -0.3 is 13.9 Å². The number of carbonyl (C=O) groups is 1. The third kappa shape index (κ3) is 2.20. The van der Waals surface area contributed by atoms with Gasteiger partial charge in [-0.05, 0) is 25.1 Å². The fourth-order valence-electron chi connectivity index (χ4n) is 1.58. The van der Waals surface area contributed by atoms with E-state index in [-0.39, 0.29) is 5.75 Å². The van der Waals surface area contributed by atoms with Crippen molar-refractivity contribution in [2.45, 2.75) is 6.92 Å². The average molecular weight is 248 g/mol. The van der Waals surface area contributed by atoms with Crippen LogP contribution >= 0.6 is 0 Å². The summed E-state index contributed by atoms with van der Waals surface area (Å²) in [6.45, 7) is 2.02. The molecule has 0 amide bonds. The zero-order valence-electron chi connectivity index (χ0n) is 10.1. The molecule has 1 aromatic heterocycles. The molecule has 0 fully saturated rings. The second kappa shape index (κ2) is 4.91. The van der Waals surface area contributed by atoms with Gasteiger partial charge in [-0.15, -0.1) is 0 Å². The van der Waals surface area contributed by atoms with Crippen LogP contribution < -0.4 is 10.4 Å². The van der Waals surface area contributed by atoms with Crippen molar-refractivity contribution in [2.24, 2.45) is 0 Å². The van der Waals surface area contributed by atoms with Crippen LogP contribution in [0.15, 0.2) is 33.5 Å². The number of carbonyl (C=O) groups excluding carboxylic acids is 1. The summed E-state index contributed by atoms with van der Waals surface area (Å²) in [4.78, 5) is 23.0. The summed E-state index contributed by atoms with van der Waals surface area (Å²) in [7, 11) is 1.39. The first kappa shape index (κ1) is 12.2. The summed E-state index contributed by atoms with van der Waals surface area (Å²) in [5.74, 6) is -0.316. The quantitative estimate of drug-likeness (QED) is 0.613. The molecule has 0 aliphatic heterocycles. The van der Waals surface area contributed by atoms with Gasteiger partial charge in [0, 0.05) is 5.39 Å². The van der Waals surface area contributed by atoms with E-state index in [2.05, 4.69) is 0 Å². The lowest BCUT2D eigenvalue weighted by molar-refractivity contribution is 0.0526. The van der Waals surface area contributed by atoms with E-state index in [9.17, 15) is 9.59 Å². The molecular weight excluding hydrogens is 236 g/mol. The van der Waals surface area contributed by atoms with E-state index < -0.39 is 11.6 Å². The van der Waals surface area contributed by atoms with Crippen molar-refractivity contribution in [1.82, 2.24) is 0 Å². The molecule has 2 rings (SSSR count). The number of hydrogen-bond donors (Lipinski definition) is 0. The molecule has 0 bridgehead atoms. The van der Waals surface area contributed by atoms with Crippen LogP contribution in [0.2, 0.25) is 0 Å². The molecule has 2 aromatic rings. The van der Waals surface area contributed by atoms with E-state index in [1.807, 2.05) is 0 Å². The Bertz CT molecular complexity index is 641. The molecule has 94 valence electrons. The third-order valence-electron chi connectivity index (χ3n) is 2.44. The van der Waals surface area contributed by atoms with Crippen LogP contribution in [-0.4, -0.2) is 19.7 Å². The molecule has 18 heavy (non-hydrogen) atoms. The van der Waals surface area contributed by atoms with E-state index in [0.717, 1.165) is 0 Å². The van der Waals surface area contributed by atoms with Crippen molar-refractivity contribution in [3.63, 3.8) is 0 Å². The Balaban J connectivity index is 2.52. The lowest BCUT2D eigenvalue weighted by Gasteiger charge is -2.04. The standard InChI is InChI=1S/C13H12O5/c1-3-17-12(14)9-5-4-8-6-11(16-2)13(15)18-10(8)7-9/h4-7H,3H2,1-2H3. The van der Waals surface area contributed by atoms with Crippen molar-refractivity contribution in [1.29, 1.82) is 0 Å². The van der Waals surface area contributed by atoms with Crippen molar-refractivity contribution in [2.75, 3.05) is 13.7 Å². The highest BCUT2D eigenvalue weighted by Gasteiger charge is 2.10. The number of hydrogen-bond acceptors (Lipinski definition) is 5. The van der Waals surface area contributed by atoms with Gasteiger partial charge in [-0.25, -0.2) is 9.59 Å². The average Bonchev–Trinajstić information content (AvgIpc) is 2.37. The maximum atomic E-state index is 11.5. The van der Waals surface area contributed by atoms with E-state index in [4.69, 9.17) is 13.9 Å².